The van der Waals surface area contributed by atoms with Crippen LogP contribution in [-0.2, 0) is 39.8 Å². The second-order valence-corrected chi connectivity index (χ2v) is 8.76. The first-order valence-electron chi connectivity index (χ1n) is 8.03. The maximum atomic E-state index is 12.5. The van der Waals surface area contributed by atoms with Crippen LogP contribution in [0.3, 0.4) is 0 Å². The van der Waals surface area contributed by atoms with Gasteiger partial charge in [0.2, 0.25) is 5.91 Å². The molecular weight excluding hydrogens is 407 g/mol. The number of carbonyl (C=O) groups excluding carboxylic acids is 3. The number of β-lactam (4-membered cyclic amide) rings is 1. The molecule has 2 radical (unpaired) electrons. The smallest absolute Gasteiger partial charge is 0.378 e. The van der Waals surface area contributed by atoms with Crippen LogP contribution < -0.4 is 5.32 Å². The molecule has 146 valence electrons. The van der Waals surface area contributed by atoms with Gasteiger partial charge in [0.15, 0.2) is 11.5 Å². The van der Waals surface area contributed by atoms with E-state index >= 15 is 0 Å². The SMILES string of the molecule is [B]OC(=O)C1=C(OS(C)(=O)=O)CS[C@@H]2[C@H](NC(=O)Cc3ccccc3)C(=O)N12. The van der Waals surface area contributed by atoms with Crippen molar-refractivity contribution in [3.05, 3.63) is 47.4 Å². The Hall–Kier alpha value is -2.47. The summed E-state index contributed by atoms with van der Waals surface area (Å²) in [6.45, 7) is 0. The highest BCUT2D eigenvalue weighted by Gasteiger charge is 2.55. The van der Waals surface area contributed by atoms with Crippen molar-refractivity contribution in [3.8, 4) is 0 Å². The molecule has 0 spiro atoms. The number of rotatable bonds is 6. The zero-order valence-corrected chi connectivity index (χ0v) is 16.3. The second-order valence-electron chi connectivity index (χ2n) is 6.08. The Morgan fingerprint density at radius 3 is 2.61 bits per heavy atom. The highest BCUT2D eigenvalue weighted by Crippen LogP contribution is 2.41. The van der Waals surface area contributed by atoms with Gasteiger partial charge in [0.05, 0.1) is 18.4 Å². The molecule has 1 fully saturated rings. The van der Waals surface area contributed by atoms with Crippen molar-refractivity contribution in [2.45, 2.75) is 17.8 Å². The minimum Gasteiger partial charge on any atom is -0.539 e. The average Bonchev–Trinajstić information content (AvgIpc) is 2.64. The van der Waals surface area contributed by atoms with Crippen molar-refractivity contribution < 1.29 is 31.6 Å². The first kappa shape index (κ1) is 20.3. The predicted molar refractivity (Wildman–Crippen MR) is 100.0 cm³/mol. The molecule has 0 aromatic heterocycles. The van der Waals surface area contributed by atoms with Crippen molar-refractivity contribution in [3.63, 3.8) is 0 Å². The number of hydrogen-bond acceptors (Lipinski definition) is 8. The number of fused-ring (bicyclic) bond motifs is 1. The standard InChI is InChI=1S/C16H15BN2O7S2/c1-28(23,24)26-10-8-27-15-12(14(21)19(15)13(10)16(22)25-17)18-11(20)7-9-5-3-2-4-6-9/h2-6,12,15H,7-8H2,1H3,(H,18,20)/t12-,15-/m1/s1. The summed E-state index contributed by atoms with van der Waals surface area (Å²) < 4.78 is 31.8. The summed E-state index contributed by atoms with van der Waals surface area (Å²) in [6.07, 6.45) is 0.907. The molecule has 3 rings (SSSR count). The highest BCUT2D eigenvalue weighted by molar-refractivity contribution is 8.00. The molecule has 12 heteroatoms. The van der Waals surface area contributed by atoms with Crippen molar-refractivity contribution >= 4 is 47.7 Å². The zero-order chi connectivity index (χ0) is 20.5. The maximum Gasteiger partial charge on any atom is 0.378 e. The van der Waals surface area contributed by atoms with Crippen LogP contribution in [-0.4, -0.2) is 62.6 Å². The minimum absolute atomic E-state index is 0.0169. The second kappa shape index (κ2) is 7.88. The number of nitrogens with one attached hydrogen (secondary N) is 1. The Kier molecular flexibility index (Phi) is 5.70. The van der Waals surface area contributed by atoms with Crippen LogP contribution in [0.2, 0.25) is 0 Å². The largest absolute Gasteiger partial charge is 0.539 e. The normalized spacial score (nSPS) is 21.5. The van der Waals surface area contributed by atoms with Crippen LogP contribution in [0.25, 0.3) is 0 Å². The van der Waals surface area contributed by atoms with Crippen LogP contribution in [0, 0.1) is 0 Å². The molecule has 28 heavy (non-hydrogen) atoms. The van der Waals surface area contributed by atoms with Gasteiger partial charge in [0, 0.05) is 0 Å². The van der Waals surface area contributed by atoms with Crippen LogP contribution in [0.4, 0.5) is 0 Å². The summed E-state index contributed by atoms with van der Waals surface area (Å²) in [6, 6.07) is 8.15. The molecule has 0 aliphatic carbocycles. The summed E-state index contributed by atoms with van der Waals surface area (Å²) in [5.74, 6) is -2.31. The molecule has 1 aromatic carbocycles. The van der Waals surface area contributed by atoms with E-state index in [4.69, 9.17) is 12.2 Å². The highest BCUT2D eigenvalue weighted by atomic mass is 32.2. The molecule has 2 heterocycles. The molecule has 1 aromatic rings. The summed E-state index contributed by atoms with van der Waals surface area (Å²) in [4.78, 5) is 37.8. The Morgan fingerprint density at radius 2 is 2.00 bits per heavy atom. The van der Waals surface area contributed by atoms with Gasteiger partial charge in [0.1, 0.15) is 11.4 Å². The van der Waals surface area contributed by atoms with Crippen molar-refractivity contribution in [1.82, 2.24) is 10.2 Å². The Balaban J connectivity index is 1.76. The van der Waals surface area contributed by atoms with Crippen molar-refractivity contribution in [1.29, 1.82) is 0 Å². The monoisotopic (exact) mass is 422 g/mol. The van der Waals surface area contributed by atoms with Gasteiger partial charge in [-0.25, -0.2) is 4.79 Å². The summed E-state index contributed by atoms with van der Waals surface area (Å²) in [5.41, 5.74) is 0.409. The average molecular weight is 422 g/mol. The van der Waals surface area contributed by atoms with Crippen LogP contribution >= 0.6 is 11.8 Å². The third-order valence-electron chi connectivity index (χ3n) is 4.01. The number of nitrogens with zero attached hydrogens (tertiary/aromatic N) is 1. The lowest BCUT2D eigenvalue weighted by atomic mass is 10.0. The molecular formula is C16H15BN2O7S2. The van der Waals surface area contributed by atoms with Gasteiger partial charge in [0.25, 0.3) is 5.91 Å². The van der Waals surface area contributed by atoms with Crippen LogP contribution in [0.5, 0.6) is 0 Å². The predicted octanol–water partition coefficient (Wildman–Crippen LogP) is -0.556. The van der Waals surface area contributed by atoms with E-state index in [9.17, 15) is 22.8 Å². The maximum absolute atomic E-state index is 12.5. The minimum atomic E-state index is -3.93. The molecule has 1 saturated heterocycles. The van der Waals surface area contributed by atoms with Gasteiger partial charge in [-0.05, 0) is 5.56 Å². The van der Waals surface area contributed by atoms with E-state index in [-0.39, 0.29) is 29.5 Å². The first-order valence-corrected chi connectivity index (χ1v) is 10.9. The zero-order valence-electron chi connectivity index (χ0n) is 14.7. The van der Waals surface area contributed by atoms with E-state index < -0.39 is 33.4 Å². The van der Waals surface area contributed by atoms with Gasteiger partial charge < -0.3 is 14.2 Å². The number of benzene rings is 1. The molecule has 2 atom stereocenters. The van der Waals surface area contributed by atoms with E-state index in [1.165, 1.54) is 0 Å². The molecule has 0 saturated carbocycles. The fourth-order valence-electron chi connectivity index (χ4n) is 2.89. The number of amides is 2. The molecule has 1 N–H and O–H groups in total. The van der Waals surface area contributed by atoms with E-state index in [1.54, 1.807) is 24.3 Å². The Labute approximate surface area is 167 Å². The molecule has 2 amide bonds. The molecule has 0 unspecified atom stereocenters. The van der Waals surface area contributed by atoms with Gasteiger partial charge in [-0.2, -0.15) is 8.42 Å². The summed E-state index contributed by atoms with van der Waals surface area (Å²) in [7, 11) is 0.977. The molecule has 2 aliphatic rings. The molecule has 0 bridgehead atoms. The van der Waals surface area contributed by atoms with E-state index in [0.717, 1.165) is 28.5 Å². The van der Waals surface area contributed by atoms with E-state index in [1.807, 2.05) is 6.07 Å². The summed E-state index contributed by atoms with van der Waals surface area (Å²) in [5, 5.41) is 2.03. The fourth-order valence-corrected chi connectivity index (χ4v) is 4.72. The van der Waals surface area contributed by atoms with E-state index in [0.29, 0.717) is 0 Å². The number of carbonyl (C=O) groups is 3. The Bertz CT molecular complexity index is 949. The molecule has 9 nitrogen and oxygen atoms in total. The number of thioether (sulfide) groups is 1. The van der Waals surface area contributed by atoms with Crippen molar-refractivity contribution in [2.75, 3.05) is 12.0 Å². The third-order valence-corrected chi connectivity index (χ3v) is 5.77. The quantitative estimate of drug-likeness (QED) is 0.368. The van der Waals surface area contributed by atoms with Crippen molar-refractivity contribution in [2.24, 2.45) is 0 Å². The topological polar surface area (TPSA) is 119 Å². The lowest BCUT2D eigenvalue weighted by molar-refractivity contribution is -0.150. The lowest BCUT2D eigenvalue weighted by Gasteiger charge is -2.49. The van der Waals surface area contributed by atoms with E-state index in [2.05, 4.69) is 9.97 Å². The van der Waals surface area contributed by atoms with Crippen LogP contribution in [0.1, 0.15) is 5.56 Å². The van der Waals surface area contributed by atoms with Gasteiger partial charge in [-0.3, -0.25) is 14.5 Å². The fraction of sp³-hybridized carbons (Fsp3) is 0.312. The van der Waals surface area contributed by atoms with Gasteiger partial charge >= 0.3 is 24.1 Å². The van der Waals surface area contributed by atoms with Gasteiger partial charge in [-0.15, -0.1) is 11.8 Å². The Morgan fingerprint density at radius 1 is 1.32 bits per heavy atom. The first-order chi connectivity index (χ1) is 13.2. The molecule has 2 aliphatic heterocycles. The van der Waals surface area contributed by atoms with Gasteiger partial charge in [-0.1, -0.05) is 30.3 Å². The third kappa shape index (κ3) is 4.17. The summed E-state index contributed by atoms with van der Waals surface area (Å²) >= 11 is 1.15. The van der Waals surface area contributed by atoms with Crippen LogP contribution in [0.15, 0.2) is 41.8 Å². The lowest BCUT2D eigenvalue weighted by Crippen LogP contribution is -2.70. The number of hydrogen-bond donors (Lipinski definition) is 1.